The van der Waals surface area contributed by atoms with Gasteiger partial charge in [0.05, 0.1) is 11.2 Å². The van der Waals surface area contributed by atoms with Crippen LogP contribution < -0.4 is 0 Å². The highest BCUT2D eigenvalue weighted by atomic mass is 16.5. The van der Waals surface area contributed by atoms with E-state index in [2.05, 4.69) is 41.5 Å². The SMILES string of the molecule is CC(C)(C)C1(OC2(C(C)(C)C)CCC3CC32)CCC2CC21. The van der Waals surface area contributed by atoms with Crippen molar-refractivity contribution < 1.29 is 4.74 Å². The molecule has 0 aromatic rings. The molecule has 4 rings (SSSR count). The number of hydrogen-bond acceptors (Lipinski definition) is 1. The first-order valence-electron chi connectivity index (χ1n) is 9.31. The van der Waals surface area contributed by atoms with Gasteiger partial charge in [-0.1, -0.05) is 41.5 Å². The molecule has 4 saturated carbocycles. The molecule has 6 unspecified atom stereocenters. The van der Waals surface area contributed by atoms with Gasteiger partial charge in [-0.05, 0) is 73.0 Å². The molecule has 6 atom stereocenters. The third kappa shape index (κ3) is 1.79. The lowest BCUT2D eigenvalue weighted by atomic mass is 9.68. The molecule has 4 aliphatic carbocycles. The van der Waals surface area contributed by atoms with Crippen LogP contribution in [-0.2, 0) is 4.74 Å². The van der Waals surface area contributed by atoms with Crippen molar-refractivity contribution in [3.63, 3.8) is 0 Å². The molecule has 0 spiro atoms. The quantitative estimate of drug-likeness (QED) is 0.658. The summed E-state index contributed by atoms with van der Waals surface area (Å²) in [6.07, 6.45) is 8.31. The van der Waals surface area contributed by atoms with Crippen LogP contribution in [0.2, 0.25) is 0 Å². The fraction of sp³-hybridized carbons (Fsp3) is 1.00. The molecule has 0 amide bonds. The average molecular weight is 290 g/mol. The van der Waals surface area contributed by atoms with Gasteiger partial charge in [0.2, 0.25) is 0 Å². The summed E-state index contributed by atoms with van der Waals surface area (Å²) in [6, 6.07) is 0. The highest BCUT2D eigenvalue weighted by molar-refractivity contribution is 5.19. The number of hydrogen-bond donors (Lipinski definition) is 0. The maximum Gasteiger partial charge on any atom is 0.0769 e. The first-order valence-corrected chi connectivity index (χ1v) is 9.31. The highest BCUT2D eigenvalue weighted by Crippen LogP contribution is 2.71. The van der Waals surface area contributed by atoms with E-state index in [4.69, 9.17) is 4.74 Å². The van der Waals surface area contributed by atoms with Crippen LogP contribution in [-0.4, -0.2) is 11.2 Å². The molecule has 0 bridgehead atoms. The molecular weight excluding hydrogens is 256 g/mol. The summed E-state index contributed by atoms with van der Waals surface area (Å²) in [5.41, 5.74) is 0.854. The predicted molar refractivity (Wildman–Crippen MR) is 87.1 cm³/mol. The van der Waals surface area contributed by atoms with Gasteiger partial charge in [0, 0.05) is 0 Å². The summed E-state index contributed by atoms with van der Waals surface area (Å²) in [7, 11) is 0. The van der Waals surface area contributed by atoms with Crippen LogP contribution in [0.25, 0.3) is 0 Å². The van der Waals surface area contributed by atoms with E-state index < -0.39 is 0 Å². The van der Waals surface area contributed by atoms with E-state index in [0.29, 0.717) is 0 Å². The molecule has 1 heteroatoms. The summed E-state index contributed by atoms with van der Waals surface area (Å²) in [5.74, 6) is 3.68. The van der Waals surface area contributed by atoms with Crippen molar-refractivity contribution in [3.05, 3.63) is 0 Å². The van der Waals surface area contributed by atoms with E-state index in [0.717, 1.165) is 23.7 Å². The van der Waals surface area contributed by atoms with Crippen molar-refractivity contribution in [2.24, 2.45) is 34.5 Å². The van der Waals surface area contributed by atoms with Crippen LogP contribution in [0.5, 0.6) is 0 Å². The Balaban J connectivity index is 1.72. The van der Waals surface area contributed by atoms with E-state index in [9.17, 15) is 0 Å². The van der Waals surface area contributed by atoms with Crippen LogP contribution in [0, 0.1) is 34.5 Å². The van der Waals surface area contributed by atoms with Crippen LogP contribution in [0.3, 0.4) is 0 Å². The lowest BCUT2D eigenvalue weighted by molar-refractivity contribution is -0.250. The van der Waals surface area contributed by atoms with E-state index in [-0.39, 0.29) is 22.0 Å². The molecule has 0 aromatic carbocycles. The molecule has 0 aliphatic heterocycles. The van der Waals surface area contributed by atoms with Gasteiger partial charge in [0.25, 0.3) is 0 Å². The van der Waals surface area contributed by atoms with E-state index >= 15 is 0 Å². The molecule has 0 aromatic heterocycles. The molecule has 0 N–H and O–H groups in total. The Kier molecular flexibility index (Phi) is 2.69. The Morgan fingerprint density at radius 3 is 1.29 bits per heavy atom. The maximum atomic E-state index is 7.38. The van der Waals surface area contributed by atoms with Crippen molar-refractivity contribution in [1.82, 2.24) is 0 Å². The summed E-state index contributed by atoms with van der Waals surface area (Å²) < 4.78 is 7.38. The van der Waals surface area contributed by atoms with Gasteiger partial charge in [0.15, 0.2) is 0 Å². The van der Waals surface area contributed by atoms with E-state index in [1.54, 1.807) is 0 Å². The van der Waals surface area contributed by atoms with Crippen molar-refractivity contribution in [2.45, 2.75) is 91.3 Å². The van der Waals surface area contributed by atoms with Crippen LogP contribution in [0.4, 0.5) is 0 Å². The Labute approximate surface area is 131 Å². The van der Waals surface area contributed by atoms with Gasteiger partial charge in [-0.15, -0.1) is 0 Å². The normalized spacial score (nSPS) is 51.7. The lowest BCUT2D eigenvalue weighted by Crippen LogP contribution is -2.57. The third-order valence-electron chi connectivity index (χ3n) is 7.72. The minimum absolute atomic E-state index is 0.155. The zero-order valence-corrected chi connectivity index (χ0v) is 15.0. The van der Waals surface area contributed by atoms with Crippen LogP contribution >= 0.6 is 0 Å². The molecule has 4 aliphatic rings. The predicted octanol–water partition coefficient (Wildman–Crippen LogP) is 5.43. The second-order valence-electron chi connectivity index (χ2n) is 10.7. The second kappa shape index (κ2) is 3.89. The standard InChI is InChI=1S/C20H34O/c1-17(2,3)19(9-7-13-11-15(13)19)21-20(18(4,5)6)10-8-14-12-16(14)20/h13-16H,7-12H2,1-6H3. The molecule has 120 valence electrons. The smallest absolute Gasteiger partial charge is 0.0769 e. The summed E-state index contributed by atoms with van der Waals surface area (Å²) in [6.45, 7) is 14.6. The van der Waals surface area contributed by atoms with Crippen molar-refractivity contribution in [1.29, 1.82) is 0 Å². The third-order valence-corrected chi connectivity index (χ3v) is 7.72. The molecule has 0 radical (unpaired) electrons. The lowest BCUT2D eigenvalue weighted by Gasteiger charge is -2.54. The van der Waals surface area contributed by atoms with Gasteiger partial charge in [-0.25, -0.2) is 0 Å². The fourth-order valence-corrected chi connectivity index (χ4v) is 6.19. The van der Waals surface area contributed by atoms with Gasteiger partial charge in [0.1, 0.15) is 0 Å². The number of ether oxygens (including phenoxy) is 1. The van der Waals surface area contributed by atoms with Crippen LogP contribution in [0.15, 0.2) is 0 Å². The average Bonchev–Trinajstić information content (AvgIpc) is 3.23. The zero-order valence-electron chi connectivity index (χ0n) is 15.0. The minimum Gasteiger partial charge on any atom is -0.367 e. The fourth-order valence-electron chi connectivity index (χ4n) is 6.19. The summed E-state index contributed by atoms with van der Waals surface area (Å²) in [5, 5.41) is 0. The summed E-state index contributed by atoms with van der Waals surface area (Å²) >= 11 is 0. The van der Waals surface area contributed by atoms with Gasteiger partial charge in [-0.3, -0.25) is 0 Å². The number of fused-ring (bicyclic) bond motifs is 2. The molecule has 0 heterocycles. The zero-order chi connectivity index (χ0) is 15.3. The van der Waals surface area contributed by atoms with E-state index in [1.165, 1.54) is 38.5 Å². The Hall–Kier alpha value is -0.0400. The first kappa shape index (κ1) is 14.5. The van der Waals surface area contributed by atoms with Crippen molar-refractivity contribution in [2.75, 3.05) is 0 Å². The van der Waals surface area contributed by atoms with Crippen molar-refractivity contribution >= 4 is 0 Å². The molecule has 4 fully saturated rings. The Morgan fingerprint density at radius 1 is 0.714 bits per heavy atom. The monoisotopic (exact) mass is 290 g/mol. The Morgan fingerprint density at radius 2 is 1.10 bits per heavy atom. The van der Waals surface area contributed by atoms with Gasteiger partial charge < -0.3 is 4.74 Å². The van der Waals surface area contributed by atoms with Gasteiger partial charge >= 0.3 is 0 Å². The van der Waals surface area contributed by atoms with E-state index in [1.807, 2.05) is 0 Å². The summed E-state index contributed by atoms with van der Waals surface area (Å²) in [4.78, 5) is 0. The molecular formula is C20H34O. The molecule has 1 nitrogen and oxygen atoms in total. The van der Waals surface area contributed by atoms with Gasteiger partial charge in [-0.2, -0.15) is 0 Å². The molecule has 21 heavy (non-hydrogen) atoms. The van der Waals surface area contributed by atoms with Crippen LogP contribution in [0.1, 0.15) is 80.1 Å². The second-order valence-corrected chi connectivity index (χ2v) is 10.7. The Bertz CT molecular complexity index is 411. The van der Waals surface area contributed by atoms with Crippen molar-refractivity contribution in [3.8, 4) is 0 Å². The largest absolute Gasteiger partial charge is 0.367 e. The maximum absolute atomic E-state index is 7.38. The topological polar surface area (TPSA) is 9.23 Å². The highest BCUT2D eigenvalue weighted by Gasteiger charge is 2.70. The minimum atomic E-state index is 0.155. The first-order chi connectivity index (χ1) is 9.61. The number of rotatable bonds is 2. The molecule has 0 saturated heterocycles.